The molecule has 2 aliphatic carbocycles. The number of aliphatic carboxylic acids is 1. The molecule has 2 bridgehead atoms. The number of carboxylic acid groups (broad SMARTS) is 2. The molecule has 0 aromatic rings. The van der Waals surface area contributed by atoms with Gasteiger partial charge in [-0.25, -0.2) is 4.79 Å². The Morgan fingerprint density at radius 1 is 1.54 bits per heavy atom. The van der Waals surface area contributed by atoms with Crippen molar-refractivity contribution in [2.24, 2.45) is 11.8 Å². The summed E-state index contributed by atoms with van der Waals surface area (Å²) >= 11 is 0. The molecule has 0 heterocycles. The van der Waals surface area contributed by atoms with E-state index in [9.17, 15) is 4.79 Å². The van der Waals surface area contributed by atoms with E-state index in [2.05, 4.69) is 0 Å². The van der Waals surface area contributed by atoms with Crippen molar-refractivity contribution < 1.29 is 19.8 Å². The van der Waals surface area contributed by atoms with Gasteiger partial charge in [-0.1, -0.05) is 6.08 Å². The number of fused-ring (bicyclic) bond motifs is 2. The molecule has 1 saturated carbocycles. The zero-order chi connectivity index (χ0) is 9.84. The molecule has 2 atom stereocenters. The average molecular weight is 184 g/mol. The minimum Gasteiger partial charge on any atom is -0.483 e. The van der Waals surface area contributed by atoms with E-state index < -0.39 is 5.97 Å². The Labute approximate surface area is 75.9 Å². The topological polar surface area (TPSA) is 74.6 Å². The van der Waals surface area contributed by atoms with Gasteiger partial charge in [0.25, 0.3) is 6.47 Å². The molecule has 4 heteroatoms. The molecule has 0 aliphatic heterocycles. The van der Waals surface area contributed by atoms with E-state index in [0.29, 0.717) is 17.4 Å². The summed E-state index contributed by atoms with van der Waals surface area (Å²) in [4.78, 5) is 18.9. The maximum Gasteiger partial charge on any atom is 0.331 e. The minimum absolute atomic E-state index is 0.250. The Morgan fingerprint density at radius 3 is 2.38 bits per heavy atom. The molecule has 0 saturated heterocycles. The summed E-state index contributed by atoms with van der Waals surface area (Å²) in [5, 5.41) is 15.6. The van der Waals surface area contributed by atoms with E-state index in [1.165, 1.54) is 6.42 Å². The van der Waals surface area contributed by atoms with Crippen LogP contribution in [0.4, 0.5) is 0 Å². The lowest BCUT2D eigenvalue weighted by atomic mass is 9.99. The van der Waals surface area contributed by atoms with Gasteiger partial charge in [-0.05, 0) is 31.1 Å². The van der Waals surface area contributed by atoms with E-state index in [1.54, 1.807) is 0 Å². The van der Waals surface area contributed by atoms with Crippen molar-refractivity contribution in [1.82, 2.24) is 0 Å². The van der Waals surface area contributed by atoms with Crippen molar-refractivity contribution in [3.05, 3.63) is 11.6 Å². The maximum atomic E-state index is 10.5. The van der Waals surface area contributed by atoms with Crippen LogP contribution in [0.15, 0.2) is 11.6 Å². The van der Waals surface area contributed by atoms with Crippen LogP contribution < -0.4 is 0 Å². The quantitative estimate of drug-likeness (QED) is 0.599. The molecular weight excluding hydrogens is 172 g/mol. The van der Waals surface area contributed by atoms with Gasteiger partial charge in [-0.15, -0.1) is 0 Å². The van der Waals surface area contributed by atoms with E-state index in [4.69, 9.17) is 15.0 Å². The van der Waals surface area contributed by atoms with Crippen molar-refractivity contribution in [2.75, 3.05) is 0 Å². The Morgan fingerprint density at radius 2 is 2.15 bits per heavy atom. The summed E-state index contributed by atoms with van der Waals surface area (Å²) in [5.74, 6) is 0.283. The third-order valence-corrected chi connectivity index (χ3v) is 2.58. The maximum absolute atomic E-state index is 10.5. The van der Waals surface area contributed by atoms with Crippen LogP contribution in [0.5, 0.6) is 0 Å². The first-order valence-electron chi connectivity index (χ1n) is 4.22. The van der Waals surface area contributed by atoms with E-state index >= 15 is 0 Å². The molecule has 2 unspecified atom stereocenters. The predicted octanol–water partition coefficient (Wildman–Crippen LogP) is 1.13. The lowest BCUT2D eigenvalue weighted by Crippen LogP contribution is -2.07. The summed E-state index contributed by atoms with van der Waals surface area (Å²) in [5.41, 5.74) is 0.677. The SMILES string of the molecule is O=C(O)C1=CC2CCC1C2.O=CO. The number of carbonyl (C=O) groups is 2. The van der Waals surface area contributed by atoms with Gasteiger partial charge in [0.1, 0.15) is 0 Å². The highest BCUT2D eigenvalue weighted by Crippen LogP contribution is 2.43. The Kier molecular flexibility index (Phi) is 3.06. The highest BCUT2D eigenvalue weighted by atomic mass is 16.4. The minimum atomic E-state index is -0.702. The summed E-state index contributed by atoms with van der Waals surface area (Å²) < 4.78 is 0. The summed E-state index contributed by atoms with van der Waals surface area (Å²) in [6.45, 7) is -0.250. The first-order chi connectivity index (χ1) is 6.19. The van der Waals surface area contributed by atoms with Gasteiger partial charge in [0.05, 0.1) is 0 Å². The lowest BCUT2D eigenvalue weighted by Gasteiger charge is -2.06. The fraction of sp³-hybridized carbons (Fsp3) is 0.556. The Bertz CT molecular complexity index is 244. The Hall–Kier alpha value is -1.32. The summed E-state index contributed by atoms with van der Waals surface area (Å²) in [6, 6.07) is 0. The lowest BCUT2D eigenvalue weighted by molar-refractivity contribution is -0.133. The van der Waals surface area contributed by atoms with Gasteiger partial charge < -0.3 is 10.2 Å². The normalized spacial score (nSPS) is 28.8. The van der Waals surface area contributed by atoms with E-state index in [0.717, 1.165) is 12.8 Å². The van der Waals surface area contributed by atoms with Crippen molar-refractivity contribution in [3.63, 3.8) is 0 Å². The highest BCUT2D eigenvalue weighted by molar-refractivity contribution is 5.88. The van der Waals surface area contributed by atoms with Crippen LogP contribution in [0.1, 0.15) is 19.3 Å². The van der Waals surface area contributed by atoms with Gasteiger partial charge in [-0.3, -0.25) is 4.79 Å². The standard InChI is InChI=1S/C8H10O2.CH2O2/c9-8(10)7-4-5-1-2-6(7)3-5;2-1-3/h4-6H,1-3H2,(H,9,10);1H,(H,2,3). The van der Waals surface area contributed by atoms with Crippen molar-refractivity contribution in [3.8, 4) is 0 Å². The van der Waals surface area contributed by atoms with Crippen LogP contribution >= 0.6 is 0 Å². The van der Waals surface area contributed by atoms with E-state index in [1.807, 2.05) is 6.08 Å². The van der Waals surface area contributed by atoms with Crippen LogP contribution in [0.2, 0.25) is 0 Å². The molecule has 0 aromatic heterocycles. The van der Waals surface area contributed by atoms with Gasteiger partial charge in [0.15, 0.2) is 0 Å². The van der Waals surface area contributed by atoms with Crippen LogP contribution in [0.3, 0.4) is 0 Å². The Balaban J connectivity index is 0.000000251. The zero-order valence-corrected chi connectivity index (χ0v) is 7.14. The molecule has 0 aromatic carbocycles. The largest absolute Gasteiger partial charge is 0.483 e. The van der Waals surface area contributed by atoms with Crippen molar-refractivity contribution in [1.29, 1.82) is 0 Å². The monoisotopic (exact) mass is 184 g/mol. The van der Waals surface area contributed by atoms with Gasteiger partial charge in [-0.2, -0.15) is 0 Å². The van der Waals surface area contributed by atoms with Gasteiger partial charge in [0.2, 0.25) is 0 Å². The summed E-state index contributed by atoms with van der Waals surface area (Å²) in [7, 11) is 0. The van der Waals surface area contributed by atoms with Gasteiger partial charge in [0, 0.05) is 5.57 Å². The number of carboxylic acids is 1. The van der Waals surface area contributed by atoms with Crippen molar-refractivity contribution >= 4 is 12.4 Å². The second kappa shape index (κ2) is 4.07. The molecule has 13 heavy (non-hydrogen) atoms. The second-order valence-electron chi connectivity index (χ2n) is 3.30. The van der Waals surface area contributed by atoms with Crippen LogP contribution in [0.25, 0.3) is 0 Å². The molecule has 2 aliphatic rings. The van der Waals surface area contributed by atoms with Crippen LogP contribution in [-0.4, -0.2) is 22.7 Å². The predicted molar refractivity (Wildman–Crippen MR) is 45.2 cm³/mol. The molecule has 2 rings (SSSR count). The highest BCUT2D eigenvalue weighted by Gasteiger charge is 2.35. The van der Waals surface area contributed by atoms with Crippen LogP contribution in [0, 0.1) is 11.8 Å². The molecule has 72 valence electrons. The number of hydrogen-bond acceptors (Lipinski definition) is 2. The van der Waals surface area contributed by atoms with Crippen molar-refractivity contribution in [2.45, 2.75) is 19.3 Å². The molecule has 0 amide bonds. The van der Waals surface area contributed by atoms with Gasteiger partial charge >= 0.3 is 5.97 Å². The number of hydrogen-bond donors (Lipinski definition) is 2. The molecule has 0 radical (unpaired) electrons. The molecule has 4 nitrogen and oxygen atoms in total. The smallest absolute Gasteiger partial charge is 0.331 e. The molecular formula is C9H12O4. The average Bonchev–Trinajstić information content (AvgIpc) is 2.64. The number of rotatable bonds is 1. The summed E-state index contributed by atoms with van der Waals surface area (Å²) in [6.07, 6.45) is 5.35. The molecule has 1 fully saturated rings. The second-order valence-corrected chi connectivity index (χ2v) is 3.30. The third-order valence-electron chi connectivity index (χ3n) is 2.58. The zero-order valence-electron chi connectivity index (χ0n) is 7.14. The van der Waals surface area contributed by atoms with E-state index in [-0.39, 0.29) is 6.47 Å². The van der Waals surface area contributed by atoms with Crippen LogP contribution in [-0.2, 0) is 9.59 Å². The first kappa shape index (κ1) is 9.77. The number of allylic oxidation sites excluding steroid dienone is 1. The first-order valence-corrected chi connectivity index (χ1v) is 4.22. The fourth-order valence-electron chi connectivity index (χ4n) is 2.09. The molecule has 2 N–H and O–H groups in total. The molecule has 0 spiro atoms. The third kappa shape index (κ3) is 2.08. The fourth-order valence-corrected chi connectivity index (χ4v) is 2.09.